The summed E-state index contributed by atoms with van der Waals surface area (Å²) in [6, 6.07) is 0.329. The van der Waals surface area contributed by atoms with E-state index in [2.05, 4.69) is 25.3 Å². The summed E-state index contributed by atoms with van der Waals surface area (Å²) in [4.78, 5) is 15.7. The molecule has 0 fully saturated rings. The highest BCUT2D eigenvalue weighted by molar-refractivity contribution is 5.25. The van der Waals surface area contributed by atoms with Crippen molar-refractivity contribution < 1.29 is 4.84 Å². The summed E-state index contributed by atoms with van der Waals surface area (Å²) < 4.78 is 0. The lowest BCUT2D eigenvalue weighted by Gasteiger charge is -1.84. The second kappa shape index (κ2) is 1.06. The van der Waals surface area contributed by atoms with Gasteiger partial charge in [0.05, 0.1) is 0 Å². The first kappa shape index (κ1) is 3.59. The smallest absolute Gasteiger partial charge is 0.337 e. The van der Waals surface area contributed by atoms with Gasteiger partial charge in [-0.1, -0.05) is 0 Å². The Morgan fingerprint density at radius 1 is 1.50 bits per heavy atom. The van der Waals surface area contributed by atoms with Gasteiger partial charge in [0.25, 0.3) is 5.95 Å². The second-order valence-electron chi connectivity index (χ2n) is 1.30. The molecule has 0 saturated carbocycles. The van der Waals surface area contributed by atoms with E-state index in [1.54, 1.807) is 0 Å². The minimum absolute atomic E-state index is 0.329. The third-order valence-corrected chi connectivity index (χ3v) is 0.783. The standard InChI is InChI=1S/C3H2N4O/c1-4-2-6-3(5-1)8-7-2/h1H,(H,4,5,6,7). The number of hydrogen-bond donors (Lipinski definition) is 1. The van der Waals surface area contributed by atoms with E-state index in [4.69, 9.17) is 0 Å². The number of aromatic nitrogens is 3. The summed E-state index contributed by atoms with van der Waals surface area (Å²) in [5.74, 6) is 0.468. The Hall–Kier alpha value is -1.39. The Balaban J connectivity index is 2.66. The van der Waals surface area contributed by atoms with Crippen molar-refractivity contribution in [2.24, 2.45) is 0 Å². The fourth-order valence-electron chi connectivity index (χ4n) is 0.471. The van der Waals surface area contributed by atoms with Crippen molar-refractivity contribution in [2.45, 2.75) is 0 Å². The van der Waals surface area contributed by atoms with Gasteiger partial charge in [0, 0.05) is 0 Å². The van der Waals surface area contributed by atoms with Crippen molar-refractivity contribution in [3.05, 3.63) is 6.33 Å². The number of rotatable bonds is 0. The zero-order valence-electron chi connectivity index (χ0n) is 3.83. The fraction of sp³-hybridized carbons (Fsp3) is 0. The molecular formula is C3H2N4O. The minimum Gasteiger partial charge on any atom is -0.337 e. The van der Waals surface area contributed by atoms with Gasteiger partial charge in [-0.15, -0.1) is 0 Å². The van der Waals surface area contributed by atoms with Gasteiger partial charge in [-0.3, -0.25) is 0 Å². The molecule has 0 atom stereocenters. The molecule has 0 aromatic carbocycles. The molecule has 0 spiro atoms. The monoisotopic (exact) mass is 110 g/mol. The van der Waals surface area contributed by atoms with Gasteiger partial charge in [-0.05, 0) is 0 Å². The number of nitrogens with zero attached hydrogens (tertiary/aromatic N) is 3. The zero-order valence-corrected chi connectivity index (χ0v) is 3.83. The van der Waals surface area contributed by atoms with Crippen molar-refractivity contribution in [1.29, 1.82) is 0 Å². The molecule has 0 amide bonds. The lowest BCUT2D eigenvalue weighted by atomic mass is 11.0. The van der Waals surface area contributed by atoms with Gasteiger partial charge in [0.15, 0.2) is 0 Å². The Labute approximate surface area is 44.7 Å². The maximum Gasteiger partial charge on any atom is 0.347 e. The molecule has 0 radical (unpaired) electrons. The molecule has 2 bridgehead atoms. The Kier molecular flexibility index (Phi) is 0.476. The average Bonchev–Trinajstić information content (AvgIpc) is 2.12. The van der Waals surface area contributed by atoms with Gasteiger partial charge < -0.3 is 4.84 Å². The molecule has 1 aliphatic heterocycles. The van der Waals surface area contributed by atoms with Gasteiger partial charge in [0.2, 0.25) is 0 Å². The van der Waals surface area contributed by atoms with E-state index in [1.165, 1.54) is 6.33 Å². The van der Waals surface area contributed by atoms with Crippen molar-refractivity contribution in [3.8, 4) is 6.01 Å². The van der Waals surface area contributed by atoms with Crippen molar-refractivity contribution in [1.82, 2.24) is 15.0 Å². The predicted molar refractivity (Wildman–Crippen MR) is 24.1 cm³/mol. The van der Waals surface area contributed by atoms with Crippen LogP contribution in [-0.4, -0.2) is 15.0 Å². The first-order valence-electron chi connectivity index (χ1n) is 2.07. The predicted octanol–water partition coefficient (Wildman–Crippen LogP) is -0.409. The Morgan fingerprint density at radius 2 is 2.50 bits per heavy atom. The summed E-state index contributed by atoms with van der Waals surface area (Å²) in [6.45, 7) is 0. The second-order valence-corrected chi connectivity index (χ2v) is 1.30. The SMILES string of the molecule is c1nc2nc(n1)ON2. The topological polar surface area (TPSA) is 59.9 Å². The normalized spacial score (nSPS) is 12.5. The molecule has 8 heavy (non-hydrogen) atoms. The van der Waals surface area contributed by atoms with E-state index < -0.39 is 0 Å². The van der Waals surface area contributed by atoms with Crippen LogP contribution < -0.4 is 10.3 Å². The molecule has 5 heteroatoms. The third-order valence-electron chi connectivity index (χ3n) is 0.783. The van der Waals surface area contributed by atoms with Crippen molar-refractivity contribution in [3.63, 3.8) is 0 Å². The molecule has 0 aliphatic carbocycles. The molecule has 0 saturated heterocycles. The molecule has 5 nitrogen and oxygen atoms in total. The summed E-state index contributed by atoms with van der Waals surface area (Å²) in [6.07, 6.45) is 1.39. The first-order valence-corrected chi connectivity index (χ1v) is 2.07. The van der Waals surface area contributed by atoms with Gasteiger partial charge in [0.1, 0.15) is 6.33 Å². The van der Waals surface area contributed by atoms with Crippen LogP contribution in [0.25, 0.3) is 0 Å². The lowest BCUT2D eigenvalue weighted by molar-refractivity contribution is 0.400. The summed E-state index contributed by atoms with van der Waals surface area (Å²) >= 11 is 0. The molecule has 0 unspecified atom stereocenters. The van der Waals surface area contributed by atoms with Gasteiger partial charge >= 0.3 is 6.01 Å². The van der Waals surface area contributed by atoms with Crippen molar-refractivity contribution in [2.75, 3.05) is 5.48 Å². The van der Waals surface area contributed by atoms with Crippen LogP contribution in [0.15, 0.2) is 6.33 Å². The van der Waals surface area contributed by atoms with Crippen LogP contribution in [0, 0.1) is 0 Å². The van der Waals surface area contributed by atoms with E-state index in [9.17, 15) is 0 Å². The van der Waals surface area contributed by atoms with Crippen LogP contribution in [0.5, 0.6) is 6.01 Å². The van der Waals surface area contributed by atoms with Crippen molar-refractivity contribution >= 4 is 5.95 Å². The fourth-order valence-corrected chi connectivity index (χ4v) is 0.471. The molecular weight excluding hydrogens is 108 g/mol. The summed E-state index contributed by atoms with van der Waals surface area (Å²) in [7, 11) is 0. The van der Waals surface area contributed by atoms with Gasteiger partial charge in [-0.2, -0.15) is 20.4 Å². The number of nitrogens with one attached hydrogen (secondary N) is 1. The first-order chi connectivity index (χ1) is 3.95. The lowest BCUT2D eigenvalue weighted by Crippen LogP contribution is -1.96. The van der Waals surface area contributed by atoms with E-state index in [1.807, 2.05) is 0 Å². The van der Waals surface area contributed by atoms with E-state index in [-0.39, 0.29) is 0 Å². The highest BCUT2D eigenvalue weighted by Gasteiger charge is 2.08. The van der Waals surface area contributed by atoms with Crippen LogP contribution in [0.4, 0.5) is 5.95 Å². The van der Waals surface area contributed by atoms with Crippen LogP contribution in [0.3, 0.4) is 0 Å². The average molecular weight is 110 g/mol. The highest BCUT2D eigenvalue weighted by atomic mass is 16.7. The molecule has 2 rings (SSSR count). The molecule has 1 aliphatic rings. The van der Waals surface area contributed by atoms with Crippen LogP contribution in [0.1, 0.15) is 0 Å². The van der Waals surface area contributed by atoms with Crippen LogP contribution >= 0.6 is 0 Å². The summed E-state index contributed by atoms with van der Waals surface area (Å²) in [5, 5.41) is 0. The van der Waals surface area contributed by atoms with E-state index in [0.29, 0.717) is 12.0 Å². The van der Waals surface area contributed by atoms with E-state index >= 15 is 0 Å². The van der Waals surface area contributed by atoms with E-state index in [0.717, 1.165) is 0 Å². The molecule has 1 aromatic heterocycles. The number of fused-ring (bicyclic) bond motifs is 2. The number of hydrogen-bond acceptors (Lipinski definition) is 5. The van der Waals surface area contributed by atoms with Gasteiger partial charge in [-0.25, -0.2) is 0 Å². The minimum atomic E-state index is 0.329. The van der Waals surface area contributed by atoms with Crippen LogP contribution in [-0.2, 0) is 0 Å². The molecule has 40 valence electrons. The third kappa shape index (κ3) is 0.324. The molecule has 1 aromatic rings. The Morgan fingerprint density at radius 3 is 3.25 bits per heavy atom. The number of anilines is 1. The molecule has 1 N–H and O–H groups in total. The zero-order chi connectivity index (χ0) is 5.40. The molecule has 2 heterocycles. The maximum atomic E-state index is 4.65. The summed E-state index contributed by atoms with van der Waals surface area (Å²) in [5.41, 5.74) is 2.44. The Bertz CT molecular complexity index is 193. The quantitative estimate of drug-likeness (QED) is 0.492. The largest absolute Gasteiger partial charge is 0.347 e. The van der Waals surface area contributed by atoms with Crippen LogP contribution in [0.2, 0.25) is 0 Å². The maximum absolute atomic E-state index is 4.65. The highest BCUT2D eigenvalue weighted by Crippen LogP contribution is 2.09.